The summed E-state index contributed by atoms with van der Waals surface area (Å²) < 4.78 is 20.9. The first-order chi connectivity index (χ1) is 12.6. The van der Waals surface area contributed by atoms with E-state index in [2.05, 4.69) is 0 Å². The van der Waals surface area contributed by atoms with Crippen molar-refractivity contribution in [2.24, 2.45) is 0 Å². The number of carbonyl (C=O) groups excluding carboxylic acids is 2. The molecule has 0 fully saturated rings. The minimum Gasteiger partial charge on any atom is -0.503 e. The van der Waals surface area contributed by atoms with E-state index in [4.69, 9.17) is 18.9 Å². The molecule has 0 radical (unpaired) electrons. The molecule has 0 spiro atoms. The Hall–Kier alpha value is -3.28. The van der Waals surface area contributed by atoms with Crippen molar-refractivity contribution in [2.75, 3.05) is 21.3 Å². The van der Waals surface area contributed by atoms with Gasteiger partial charge in [-0.1, -0.05) is 24.3 Å². The third-order valence-corrected chi connectivity index (χ3v) is 3.66. The van der Waals surface area contributed by atoms with E-state index in [9.17, 15) is 9.59 Å². The van der Waals surface area contributed by atoms with Crippen molar-refractivity contribution in [2.45, 2.75) is 6.61 Å². The largest absolute Gasteiger partial charge is 0.503 e. The van der Waals surface area contributed by atoms with Crippen molar-refractivity contribution in [3.8, 4) is 11.5 Å². The number of hydrogen-bond donors (Lipinski definition) is 0. The molecule has 2 rings (SSSR count). The topological polar surface area (TPSA) is 71.1 Å². The van der Waals surface area contributed by atoms with Crippen molar-refractivity contribution < 1.29 is 28.5 Å². The first-order valence-corrected chi connectivity index (χ1v) is 7.80. The summed E-state index contributed by atoms with van der Waals surface area (Å²) in [6, 6.07) is 12.2. The van der Waals surface area contributed by atoms with Crippen LogP contribution in [0.3, 0.4) is 0 Å². The fourth-order valence-corrected chi connectivity index (χ4v) is 2.39. The Kier molecular flexibility index (Phi) is 6.79. The Bertz CT molecular complexity index is 810. The molecule has 0 heterocycles. The number of esters is 1. The molecular weight excluding hydrogens is 336 g/mol. The van der Waals surface area contributed by atoms with Crippen LogP contribution in [0, 0.1) is 0 Å². The highest BCUT2D eigenvalue weighted by Gasteiger charge is 2.17. The SMILES string of the molecule is CO/C=C(\C(=O)OC)c1ccccc1COc1cc(C=O)ccc1OC. The van der Waals surface area contributed by atoms with Crippen LogP contribution in [-0.4, -0.2) is 33.6 Å². The van der Waals surface area contributed by atoms with Crippen LogP contribution >= 0.6 is 0 Å². The lowest BCUT2D eigenvalue weighted by molar-refractivity contribution is -0.133. The highest BCUT2D eigenvalue weighted by Crippen LogP contribution is 2.29. The van der Waals surface area contributed by atoms with Crippen LogP contribution in [0.1, 0.15) is 21.5 Å². The van der Waals surface area contributed by atoms with E-state index in [1.54, 1.807) is 30.3 Å². The van der Waals surface area contributed by atoms with Gasteiger partial charge in [-0.15, -0.1) is 0 Å². The van der Waals surface area contributed by atoms with E-state index in [1.807, 2.05) is 12.1 Å². The van der Waals surface area contributed by atoms with Gasteiger partial charge in [-0.2, -0.15) is 0 Å². The van der Waals surface area contributed by atoms with Crippen LogP contribution in [0.15, 0.2) is 48.7 Å². The molecular formula is C20H20O6. The van der Waals surface area contributed by atoms with E-state index in [1.165, 1.54) is 27.6 Å². The fraction of sp³-hybridized carbons (Fsp3) is 0.200. The molecule has 0 aliphatic rings. The van der Waals surface area contributed by atoms with Gasteiger partial charge in [-0.05, 0) is 29.3 Å². The summed E-state index contributed by atoms with van der Waals surface area (Å²) in [7, 11) is 4.28. The molecule has 6 nitrogen and oxygen atoms in total. The minimum absolute atomic E-state index is 0.160. The van der Waals surface area contributed by atoms with Crippen LogP contribution in [0.2, 0.25) is 0 Å². The second-order valence-electron chi connectivity index (χ2n) is 5.23. The maximum Gasteiger partial charge on any atom is 0.341 e. The van der Waals surface area contributed by atoms with Crippen LogP contribution in [0.5, 0.6) is 11.5 Å². The van der Waals surface area contributed by atoms with Gasteiger partial charge < -0.3 is 18.9 Å². The van der Waals surface area contributed by atoms with Gasteiger partial charge in [0.05, 0.1) is 27.6 Å². The highest BCUT2D eigenvalue weighted by molar-refractivity contribution is 6.16. The van der Waals surface area contributed by atoms with Crippen molar-refractivity contribution >= 4 is 17.8 Å². The molecule has 0 atom stereocenters. The zero-order chi connectivity index (χ0) is 18.9. The van der Waals surface area contributed by atoms with Crippen LogP contribution in [-0.2, 0) is 20.9 Å². The number of ether oxygens (including phenoxy) is 4. The Balaban J connectivity index is 2.33. The molecule has 0 unspecified atom stereocenters. The number of carbonyl (C=O) groups is 2. The van der Waals surface area contributed by atoms with Gasteiger partial charge in [0, 0.05) is 5.56 Å². The summed E-state index contributed by atoms with van der Waals surface area (Å²) >= 11 is 0. The third kappa shape index (κ3) is 4.42. The first-order valence-electron chi connectivity index (χ1n) is 7.80. The molecule has 26 heavy (non-hydrogen) atoms. The van der Waals surface area contributed by atoms with E-state index in [0.717, 1.165) is 11.8 Å². The van der Waals surface area contributed by atoms with E-state index in [0.29, 0.717) is 22.6 Å². The molecule has 0 saturated carbocycles. The molecule has 2 aromatic rings. The van der Waals surface area contributed by atoms with E-state index >= 15 is 0 Å². The van der Waals surface area contributed by atoms with Crippen LogP contribution in [0.25, 0.3) is 5.57 Å². The predicted octanol–water partition coefficient (Wildman–Crippen LogP) is 3.25. The average molecular weight is 356 g/mol. The zero-order valence-electron chi connectivity index (χ0n) is 14.9. The smallest absolute Gasteiger partial charge is 0.341 e. The maximum atomic E-state index is 12.0. The zero-order valence-corrected chi connectivity index (χ0v) is 14.9. The Labute approximate surface area is 151 Å². The predicted molar refractivity (Wildman–Crippen MR) is 96.2 cm³/mol. The summed E-state index contributed by atoms with van der Waals surface area (Å²) in [5.74, 6) is 0.427. The van der Waals surface area contributed by atoms with E-state index in [-0.39, 0.29) is 12.2 Å². The van der Waals surface area contributed by atoms with Gasteiger partial charge in [0.25, 0.3) is 0 Å². The van der Waals surface area contributed by atoms with Gasteiger partial charge in [0.1, 0.15) is 18.5 Å². The monoisotopic (exact) mass is 356 g/mol. The summed E-state index contributed by atoms with van der Waals surface area (Å²) in [5, 5.41) is 0. The van der Waals surface area contributed by atoms with E-state index < -0.39 is 5.97 Å². The summed E-state index contributed by atoms with van der Waals surface area (Å²) in [6.07, 6.45) is 2.06. The Morgan fingerprint density at radius 3 is 2.46 bits per heavy atom. The van der Waals surface area contributed by atoms with Crippen LogP contribution in [0.4, 0.5) is 0 Å². The standard InChI is InChI=1S/C20H20O6/c1-23-13-17(20(22)25-3)16-7-5-4-6-15(16)12-26-19-10-14(11-21)8-9-18(19)24-2/h4-11,13H,12H2,1-3H3/b17-13-. The number of methoxy groups -OCH3 is 3. The molecule has 0 saturated heterocycles. The van der Waals surface area contributed by atoms with Gasteiger partial charge in [0.2, 0.25) is 0 Å². The molecule has 0 bridgehead atoms. The second-order valence-corrected chi connectivity index (χ2v) is 5.23. The van der Waals surface area contributed by atoms with Crippen LogP contribution < -0.4 is 9.47 Å². The maximum absolute atomic E-state index is 12.0. The molecule has 136 valence electrons. The average Bonchev–Trinajstić information content (AvgIpc) is 2.69. The lowest BCUT2D eigenvalue weighted by Crippen LogP contribution is -2.08. The van der Waals surface area contributed by atoms with Gasteiger partial charge in [-0.3, -0.25) is 4.79 Å². The van der Waals surface area contributed by atoms with Gasteiger partial charge in [-0.25, -0.2) is 4.79 Å². The Morgan fingerprint density at radius 2 is 1.81 bits per heavy atom. The number of hydrogen-bond acceptors (Lipinski definition) is 6. The minimum atomic E-state index is -0.514. The molecule has 0 N–H and O–H groups in total. The molecule has 6 heteroatoms. The second kappa shape index (κ2) is 9.27. The van der Waals surface area contributed by atoms with Crippen molar-refractivity contribution in [3.63, 3.8) is 0 Å². The van der Waals surface area contributed by atoms with Crippen molar-refractivity contribution in [3.05, 3.63) is 65.4 Å². The lowest BCUT2D eigenvalue weighted by Gasteiger charge is -2.14. The van der Waals surface area contributed by atoms with Gasteiger partial charge in [0.15, 0.2) is 11.5 Å². The summed E-state index contributed by atoms with van der Waals surface area (Å²) in [6.45, 7) is 0.160. The summed E-state index contributed by atoms with van der Waals surface area (Å²) in [4.78, 5) is 23.0. The summed E-state index contributed by atoms with van der Waals surface area (Å²) in [5.41, 5.74) is 2.14. The number of aldehydes is 1. The third-order valence-electron chi connectivity index (χ3n) is 3.66. The van der Waals surface area contributed by atoms with Crippen molar-refractivity contribution in [1.82, 2.24) is 0 Å². The Morgan fingerprint density at radius 1 is 1.04 bits per heavy atom. The molecule has 0 aromatic heterocycles. The molecule has 2 aromatic carbocycles. The normalized spacial score (nSPS) is 10.8. The highest BCUT2D eigenvalue weighted by atomic mass is 16.5. The molecule has 0 aliphatic carbocycles. The lowest BCUT2D eigenvalue weighted by atomic mass is 10.0. The first kappa shape index (κ1) is 19.1. The fourth-order valence-electron chi connectivity index (χ4n) is 2.39. The quantitative estimate of drug-likeness (QED) is 0.313. The van der Waals surface area contributed by atoms with Gasteiger partial charge >= 0.3 is 5.97 Å². The number of benzene rings is 2. The molecule has 0 aliphatic heterocycles. The van der Waals surface area contributed by atoms with Crippen molar-refractivity contribution in [1.29, 1.82) is 0 Å². The number of rotatable bonds is 8. The molecule has 0 amide bonds.